The van der Waals surface area contributed by atoms with E-state index < -0.39 is 0 Å². The monoisotopic (exact) mass is 385 g/mol. The van der Waals surface area contributed by atoms with Gasteiger partial charge in [0.05, 0.1) is 12.7 Å². The van der Waals surface area contributed by atoms with Crippen LogP contribution in [-0.4, -0.2) is 42.4 Å². The van der Waals surface area contributed by atoms with Crippen LogP contribution in [0.1, 0.15) is 30.0 Å². The van der Waals surface area contributed by atoms with E-state index in [1.165, 1.54) is 22.3 Å². The van der Waals surface area contributed by atoms with Crippen LogP contribution in [-0.2, 0) is 6.42 Å². The summed E-state index contributed by atoms with van der Waals surface area (Å²) in [5, 5.41) is 10.2. The molecule has 1 aliphatic heterocycles. The molecular weight excluding hydrogens is 358 g/mol. The average molecular weight is 386 g/mol. The molecule has 4 heteroatoms. The van der Waals surface area contributed by atoms with Gasteiger partial charge in [0.25, 0.3) is 0 Å². The maximum Gasteiger partial charge on any atom is 0.119 e. The second-order valence-corrected chi connectivity index (χ2v) is 7.69. The number of halogens is 1. The number of likely N-dealkylation sites (tertiary alicyclic amines) is 1. The highest BCUT2D eigenvalue weighted by Crippen LogP contribution is 2.24. The summed E-state index contributed by atoms with van der Waals surface area (Å²) in [7, 11) is 0. The lowest BCUT2D eigenvalue weighted by molar-refractivity contribution is 0.00986. The lowest BCUT2D eigenvalue weighted by Gasteiger charge is -2.35. The summed E-state index contributed by atoms with van der Waals surface area (Å²) in [6, 6.07) is 14.3. The van der Waals surface area contributed by atoms with Crippen molar-refractivity contribution in [3.05, 3.63) is 70.3 Å². The molecule has 1 fully saturated rings. The van der Waals surface area contributed by atoms with Gasteiger partial charge in [0.15, 0.2) is 0 Å². The quantitative estimate of drug-likeness (QED) is 0.666. The molecule has 0 unspecified atom stereocenters. The van der Waals surface area contributed by atoms with E-state index >= 15 is 0 Å². The highest BCUT2D eigenvalue weighted by Gasteiger charge is 2.22. The molecule has 2 aromatic carbocycles. The normalized spacial score (nSPS) is 15.6. The lowest BCUT2D eigenvalue weighted by atomic mass is 10.0. The first-order chi connectivity index (χ1) is 13.0. The van der Waals surface area contributed by atoms with Crippen LogP contribution in [0.15, 0.2) is 48.5 Å². The third-order valence-corrected chi connectivity index (χ3v) is 5.40. The number of hydrogen-bond acceptors (Lipinski definition) is 3. The summed E-state index contributed by atoms with van der Waals surface area (Å²) in [6.07, 6.45) is 3.95. The molecule has 0 bridgehead atoms. The van der Waals surface area contributed by atoms with E-state index in [0.29, 0.717) is 6.61 Å². The molecule has 1 N–H and O–H groups in total. The average Bonchev–Trinajstić information content (AvgIpc) is 2.62. The number of β-amino-alcohol motifs (C(OH)–C–C–N with tert-alkyl or cyclic N) is 1. The highest BCUT2D eigenvalue weighted by molar-refractivity contribution is 6.31. The topological polar surface area (TPSA) is 32.7 Å². The van der Waals surface area contributed by atoms with E-state index in [9.17, 15) is 5.11 Å². The van der Waals surface area contributed by atoms with Crippen molar-refractivity contribution in [2.24, 2.45) is 0 Å². The SMILES string of the molecule is CC(=CCN1CC(O)C1)c1ccc(OCCCc2ccccc2Cl)cc1C. The molecular formula is C23H28ClNO2. The summed E-state index contributed by atoms with van der Waals surface area (Å²) in [6.45, 7) is 7.39. The second-order valence-electron chi connectivity index (χ2n) is 7.28. The van der Waals surface area contributed by atoms with Crippen LogP contribution in [0.5, 0.6) is 5.75 Å². The van der Waals surface area contributed by atoms with E-state index in [1.807, 2.05) is 24.3 Å². The Morgan fingerprint density at radius 3 is 2.74 bits per heavy atom. The zero-order valence-corrected chi connectivity index (χ0v) is 16.9. The van der Waals surface area contributed by atoms with Gasteiger partial charge in [0.2, 0.25) is 0 Å². The molecule has 1 heterocycles. The third-order valence-electron chi connectivity index (χ3n) is 5.03. The minimum atomic E-state index is -0.144. The standard InChI is InChI=1S/C23H28ClNO2/c1-17(11-12-25-15-20(26)16-25)22-10-9-21(14-18(22)2)27-13-5-7-19-6-3-4-8-23(19)24/h3-4,6,8-11,14,20,26H,5,7,12-13,15-16H2,1-2H3. The Labute approximate surface area is 167 Å². The van der Waals surface area contributed by atoms with Gasteiger partial charge in [-0.1, -0.05) is 41.9 Å². The second kappa shape index (κ2) is 9.41. The molecule has 0 saturated carbocycles. The van der Waals surface area contributed by atoms with E-state index in [1.54, 1.807) is 0 Å². The predicted octanol–water partition coefficient (Wildman–Crippen LogP) is 4.74. The molecule has 27 heavy (non-hydrogen) atoms. The zero-order chi connectivity index (χ0) is 19.2. The van der Waals surface area contributed by atoms with E-state index in [-0.39, 0.29) is 6.10 Å². The Hall–Kier alpha value is -1.81. The molecule has 0 spiro atoms. The molecule has 144 valence electrons. The van der Waals surface area contributed by atoms with Crippen LogP contribution in [0.2, 0.25) is 5.02 Å². The number of allylic oxidation sites excluding steroid dienone is 1. The molecule has 3 nitrogen and oxygen atoms in total. The number of benzene rings is 2. The number of aliphatic hydroxyl groups excluding tert-OH is 1. The summed E-state index contributed by atoms with van der Waals surface area (Å²) in [4.78, 5) is 2.24. The van der Waals surface area contributed by atoms with E-state index in [0.717, 1.165) is 43.2 Å². The number of nitrogens with zero attached hydrogens (tertiary/aromatic N) is 1. The minimum Gasteiger partial charge on any atom is -0.494 e. The first-order valence-electron chi connectivity index (χ1n) is 9.57. The molecule has 0 aromatic heterocycles. The first kappa shape index (κ1) is 19.9. The van der Waals surface area contributed by atoms with E-state index in [4.69, 9.17) is 16.3 Å². The molecule has 0 atom stereocenters. The number of ether oxygens (including phenoxy) is 1. The van der Waals surface area contributed by atoms with E-state index in [2.05, 4.69) is 43.0 Å². The van der Waals surface area contributed by atoms with Crippen molar-refractivity contribution >= 4 is 17.2 Å². The Balaban J connectivity index is 1.49. The smallest absolute Gasteiger partial charge is 0.119 e. The molecule has 3 rings (SSSR count). The van der Waals surface area contributed by atoms with Gasteiger partial charge in [-0.25, -0.2) is 0 Å². The van der Waals surface area contributed by atoms with Crippen LogP contribution < -0.4 is 4.74 Å². The largest absolute Gasteiger partial charge is 0.494 e. The minimum absolute atomic E-state index is 0.144. The summed E-state index contributed by atoms with van der Waals surface area (Å²) >= 11 is 6.19. The summed E-state index contributed by atoms with van der Waals surface area (Å²) in [5.41, 5.74) is 4.90. The molecule has 1 saturated heterocycles. The Bertz CT molecular complexity index is 797. The summed E-state index contributed by atoms with van der Waals surface area (Å²) in [5.74, 6) is 0.911. The number of aryl methyl sites for hydroxylation is 2. The van der Waals surface area contributed by atoms with Crippen molar-refractivity contribution in [1.29, 1.82) is 0 Å². The van der Waals surface area contributed by atoms with Gasteiger partial charge in [0.1, 0.15) is 5.75 Å². The Kier molecular flexibility index (Phi) is 6.95. The van der Waals surface area contributed by atoms with Gasteiger partial charge < -0.3 is 9.84 Å². The zero-order valence-electron chi connectivity index (χ0n) is 16.1. The van der Waals surface area contributed by atoms with Gasteiger partial charge in [-0.3, -0.25) is 4.90 Å². The fraction of sp³-hybridized carbons (Fsp3) is 0.391. The third kappa shape index (κ3) is 5.58. The van der Waals surface area contributed by atoms with Gasteiger partial charge in [-0.15, -0.1) is 0 Å². The van der Waals surface area contributed by atoms with Crippen LogP contribution in [0.4, 0.5) is 0 Å². The molecule has 1 aliphatic rings. The molecule has 2 aromatic rings. The van der Waals surface area contributed by atoms with Crippen molar-refractivity contribution < 1.29 is 9.84 Å². The van der Waals surface area contributed by atoms with Crippen molar-refractivity contribution in [3.8, 4) is 5.75 Å². The highest BCUT2D eigenvalue weighted by atomic mass is 35.5. The van der Waals surface area contributed by atoms with Crippen molar-refractivity contribution in [2.45, 2.75) is 32.8 Å². The van der Waals surface area contributed by atoms with Crippen molar-refractivity contribution in [1.82, 2.24) is 4.90 Å². The number of hydrogen-bond donors (Lipinski definition) is 1. The van der Waals surface area contributed by atoms with Gasteiger partial charge in [-0.2, -0.15) is 0 Å². The maximum atomic E-state index is 9.36. The predicted molar refractivity (Wildman–Crippen MR) is 113 cm³/mol. The lowest BCUT2D eigenvalue weighted by Crippen LogP contribution is -2.50. The fourth-order valence-electron chi connectivity index (χ4n) is 3.39. The number of rotatable bonds is 8. The van der Waals surface area contributed by atoms with Crippen molar-refractivity contribution in [2.75, 3.05) is 26.2 Å². The van der Waals surface area contributed by atoms with Crippen LogP contribution in [0, 0.1) is 6.92 Å². The first-order valence-corrected chi connectivity index (χ1v) is 9.95. The molecule has 0 amide bonds. The van der Waals surface area contributed by atoms with Gasteiger partial charge >= 0.3 is 0 Å². The number of aliphatic hydroxyl groups is 1. The molecule has 0 aliphatic carbocycles. The van der Waals surface area contributed by atoms with Crippen molar-refractivity contribution in [3.63, 3.8) is 0 Å². The van der Waals surface area contributed by atoms with Crippen LogP contribution in [0.3, 0.4) is 0 Å². The molecule has 0 radical (unpaired) electrons. The maximum absolute atomic E-state index is 9.36. The Morgan fingerprint density at radius 1 is 1.26 bits per heavy atom. The van der Waals surface area contributed by atoms with Gasteiger partial charge in [0, 0.05) is 24.7 Å². The van der Waals surface area contributed by atoms with Gasteiger partial charge in [-0.05, 0) is 67.2 Å². The van der Waals surface area contributed by atoms with Crippen LogP contribution >= 0.6 is 11.6 Å². The Morgan fingerprint density at radius 2 is 2.04 bits per heavy atom. The fourth-order valence-corrected chi connectivity index (χ4v) is 3.62. The van der Waals surface area contributed by atoms with Crippen LogP contribution in [0.25, 0.3) is 5.57 Å². The summed E-state index contributed by atoms with van der Waals surface area (Å²) < 4.78 is 5.92.